The normalized spacial score (nSPS) is 17.6. The predicted octanol–water partition coefficient (Wildman–Crippen LogP) is 3.46. The Balaban J connectivity index is 1.99. The number of benzene rings is 1. The lowest BCUT2D eigenvalue weighted by Gasteiger charge is -2.24. The van der Waals surface area contributed by atoms with Crippen LogP contribution >= 0.6 is 11.8 Å². The van der Waals surface area contributed by atoms with E-state index in [1.807, 2.05) is 36.9 Å². The molecule has 1 heterocycles. The van der Waals surface area contributed by atoms with Gasteiger partial charge in [-0.05, 0) is 44.4 Å². The molecule has 0 bridgehead atoms. The minimum Gasteiger partial charge on any atom is -0.398 e. The summed E-state index contributed by atoms with van der Waals surface area (Å²) in [6, 6.07) is 6.02. The van der Waals surface area contributed by atoms with Crippen molar-refractivity contribution in [2.45, 2.75) is 49.7 Å². The van der Waals surface area contributed by atoms with Crippen LogP contribution in [0.25, 0.3) is 0 Å². The standard InChI is InChI=1S/C16H24N2OS/c1-12-7-8-15(14(17)11-12)20-13(2)16(19)18-9-5-3-4-6-10-18/h7-8,11,13H,3-6,9-10,17H2,1-2H3. The van der Waals surface area contributed by atoms with Crippen LogP contribution in [0, 0.1) is 6.92 Å². The maximum Gasteiger partial charge on any atom is 0.235 e. The SMILES string of the molecule is Cc1ccc(SC(C)C(=O)N2CCCCCC2)c(N)c1. The number of hydrogen-bond donors (Lipinski definition) is 1. The number of amides is 1. The molecular weight excluding hydrogens is 268 g/mol. The van der Waals surface area contributed by atoms with Gasteiger partial charge in [0.05, 0.1) is 5.25 Å². The summed E-state index contributed by atoms with van der Waals surface area (Å²) in [6.07, 6.45) is 4.76. The van der Waals surface area contributed by atoms with Crippen LogP contribution in [0.15, 0.2) is 23.1 Å². The molecule has 1 aromatic carbocycles. The highest BCUT2D eigenvalue weighted by atomic mass is 32.2. The van der Waals surface area contributed by atoms with Gasteiger partial charge in [0.2, 0.25) is 5.91 Å². The first kappa shape index (κ1) is 15.2. The Morgan fingerprint density at radius 2 is 1.90 bits per heavy atom. The number of nitrogens with zero attached hydrogens (tertiary/aromatic N) is 1. The Hall–Kier alpha value is -1.16. The van der Waals surface area contributed by atoms with Crippen molar-refractivity contribution < 1.29 is 4.79 Å². The van der Waals surface area contributed by atoms with Crippen molar-refractivity contribution in [1.82, 2.24) is 4.90 Å². The van der Waals surface area contributed by atoms with E-state index in [9.17, 15) is 4.79 Å². The zero-order valence-electron chi connectivity index (χ0n) is 12.4. The van der Waals surface area contributed by atoms with Crippen LogP contribution in [-0.2, 0) is 4.79 Å². The summed E-state index contributed by atoms with van der Waals surface area (Å²) in [5, 5.41) is -0.0712. The van der Waals surface area contributed by atoms with Gasteiger partial charge >= 0.3 is 0 Å². The topological polar surface area (TPSA) is 46.3 Å². The third-order valence-electron chi connectivity index (χ3n) is 3.73. The molecule has 1 fully saturated rings. The maximum atomic E-state index is 12.5. The average Bonchev–Trinajstić information content (AvgIpc) is 2.70. The Kier molecular flexibility index (Phi) is 5.35. The molecule has 0 radical (unpaired) electrons. The second-order valence-corrected chi connectivity index (χ2v) is 6.92. The van der Waals surface area contributed by atoms with Gasteiger partial charge in [0.15, 0.2) is 0 Å². The van der Waals surface area contributed by atoms with E-state index < -0.39 is 0 Å². The molecule has 1 unspecified atom stereocenters. The molecule has 1 atom stereocenters. The molecule has 2 rings (SSSR count). The Morgan fingerprint density at radius 3 is 2.50 bits per heavy atom. The van der Waals surface area contributed by atoms with E-state index in [0.29, 0.717) is 0 Å². The van der Waals surface area contributed by atoms with Gasteiger partial charge in [0, 0.05) is 23.7 Å². The van der Waals surface area contributed by atoms with Crippen molar-refractivity contribution in [1.29, 1.82) is 0 Å². The van der Waals surface area contributed by atoms with E-state index in [2.05, 4.69) is 0 Å². The summed E-state index contributed by atoms with van der Waals surface area (Å²) in [7, 11) is 0. The molecule has 1 amide bonds. The average molecular weight is 292 g/mol. The smallest absolute Gasteiger partial charge is 0.235 e. The molecule has 1 saturated heterocycles. The minimum absolute atomic E-state index is 0.0712. The minimum atomic E-state index is -0.0712. The summed E-state index contributed by atoms with van der Waals surface area (Å²) in [5.74, 6) is 0.247. The highest BCUT2D eigenvalue weighted by Gasteiger charge is 2.22. The van der Waals surface area contributed by atoms with Gasteiger partial charge in [-0.15, -0.1) is 11.8 Å². The van der Waals surface area contributed by atoms with Crippen LogP contribution in [-0.4, -0.2) is 29.1 Å². The van der Waals surface area contributed by atoms with E-state index in [4.69, 9.17) is 5.73 Å². The zero-order chi connectivity index (χ0) is 14.5. The quantitative estimate of drug-likeness (QED) is 0.685. The van der Waals surface area contributed by atoms with Gasteiger partial charge in [-0.2, -0.15) is 0 Å². The summed E-state index contributed by atoms with van der Waals surface area (Å²) >= 11 is 1.57. The van der Waals surface area contributed by atoms with Crippen LogP contribution in [0.2, 0.25) is 0 Å². The summed E-state index contributed by atoms with van der Waals surface area (Å²) < 4.78 is 0. The lowest BCUT2D eigenvalue weighted by Crippen LogP contribution is -2.37. The zero-order valence-corrected chi connectivity index (χ0v) is 13.2. The molecular formula is C16H24N2OS. The van der Waals surface area contributed by atoms with Crippen LogP contribution in [0.4, 0.5) is 5.69 Å². The van der Waals surface area contributed by atoms with Gasteiger partial charge < -0.3 is 10.6 Å². The first-order chi connectivity index (χ1) is 9.58. The van der Waals surface area contributed by atoms with Gasteiger partial charge in [-0.25, -0.2) is 0 Å². The molecule has 0 spiro atoms. The molecule has 1 aliphatic heterocycles. The van der Waals surface area contributed by atoms with Crippen LogP contribution in [0.3, 0.4) is 0 Å². The summed E-state index contributed by atoms with van der Waals surface area (Å²) in [5.41, 5.74) is 7.95. The van der Waals surface area contributed by atoms with Crippen molar-refractivity contribution in [2.75, 3.05) is 18.8 Å². The number of nitrogens with two attached hydrogens (primary N) is 1. The number of thioether (sulfide) groups is 1. The highest BCUT2D eigenvalue weighted by molar-refractivity contribution is 8.00. The largest absolute Gasteiger partial charge is 0.398 e. The molecule has 110 valence electrons. The number of carbonyl (C=O) groups is 1. The second-order valence-electron chi connectivity index (χ2n) is 5.54. The van der Waals surface area contributed by atoms with E-state index in [0.717, 1.165) is 42.1 Å². The summed E-state index contributed by atoms with van der Waals surface area (Å²) in [4.78, 5) is 15.5. The lowest BCUT2D eigenvalue weighted by atomic mass is 10.2. The molecule has 1 aromatic rings. The third-order valence-corrected chi connectivity index (χ3v) is 4.92. The molecule has 3 nitrogen and oxygen atoms in total. The van der Waals surface area contributed by atoms with E-state index >= 15 is 0 Å². The molecule has 0 saturated carbocycles. The van der Waals surface area contributed by atoms with Crippen molar-refractivity contribution in [3.05, 3.63) is 23.8 Å². The number of anilines is 1. The Labute approximate surface area is 125 Å². The maximum absolute atomic E-state index is 12.5. The Morgan fingerprint density at radius 1 is 1.25 bits per heavy atom. The third kappa shape index (κ3) is 3.92. The number of nitrogen functional groups attached to an aromatic ring is 1. The van der Waals surface area contributed by atoms with Crippen molar-refractivity contribution >= 4 is 23.4 Å². The molecule has 2 N–H and O–H groups in total. The van der Waals surface area contributed by atoms with Gasteiger partial charge in [0.1, 0.15) is 0 Å². The fourth-order valence-electron chi connectivity index (χ4n) is 2.56. The second kappa shape index (κ2) is 7.02. The molecule has 1 aliphatic rings. The number of rotatable bonds is 3. The van der Waals surface area contributed by atoms with Crippen LogP contribution < -0.4 is 5.73 Å². The van der Waals surface area contributed by atoms with E-state index in [1.165, 1.54) is 12.8 Å². The van der Waals surface area contributed by atoms with Crippen LogP contribution in [0.1, 0.15) is 38.2 Å². The number of likely N-dealkylation sites (tertiary alicyclic amines) is 1. The lowest BCUT2D eigenvalue weighted by molar-refractivity contribution is -0.130. The van der Waals surface area contributed by atoms with Crippen molar-refractivity contribution in [3.63, 3.8) is 0 Å². The molecule has 0 aromatic heterocycles. The van der Waals surface area contributed by atoms with Crippen molar-refractivity contribution in [2.24, 2.45) is 0 Å². The first-order valence-electron chi connectivity index (χ1n) is 7.39. The van der Waals surface area contributed by atoms with Gasteiger partial charge in [0.25, 0.3) is 0 Å². The Bertz CT molecular complexity index is 468. The molecule has 20 heavy (non-hydrogen) atoms. The van der Waals surface area contributed by atoms with Gasteiger partial charge in [-0.1, -0.05) is 18.9 Å². The molecule has 0 aliphatic carbocycles. The highest BCUT2D eigenvalue weighted by Crippen LogP contribution is 2.30. The van der Waals surface area contributed by atoms with Crippen LogP contribution in [0.5, 0.6) is 0 Å². The first-order valence-corrected chi connectivity index (χ1v) is 8.27. The van der Waals surface area contributed by atoms with Crippen molar-refractivity contribution in [3.8, 4) is 0 Å². The monoisotopic (exact) mass is 292 g/mol. The van der Waals surface area contributed by atoms with E-state index in [-0.39, 0.29) is 11.2 Å². The number of aryl methyl sites for hydroxylation is 1. The van der Waals surface area contributed by atoms with Gasteiger partial charge in [-0.3, -0.25) is 4.79 Å². The predicted molar refractivity (Wildman–Crippen MR) is 86.0 cm³/mol. The molecule has 4 heteroatoms. The number of hydrogen-bond acceptors (Lipinski definition) is 3. The summed E-state index contributed by atoms with van der Waals surface area (Å²) in [6.45, 7) is 5.83. The number of carbonyl (C=O) groups excluding carboxylic acids is 1. The fraction of sp³-hybridized carbons (Fsp3) is 0.562. The van der Waals surface area contributed by atoms with E-state index in [1.54, 1.807) is 11.8 Å². The fourth-order valence-corrected chi connectivity index (χ4v) is 3.54.